The van der Waals surface area contributed by atoms with Crippen molar-refractivity contribution in [1.82, 2.24) is 19.1 Å². The number of aromatic nitrogens is 3. The van der Waals surface area contributed by atoms with Gasteiger partial charge in [-0.2, -0.15) is 4.31 Å². The first-order valence-corrected chi connectivity index (χ1v) is 11.4. The van der Waals surface area contributed by atoms with E-state index in [0.717, 1.165) is 5.56 Å². The summed E-state index contributed by atoms with van der Waals surface area (Å²) >= 11 is 1.36. The lowest BCUT2D eigenvalue weighted by molar-refractivity contribution is 0.0730. The van der Waals surface area contributed by atoms with E-state index in [2.05, 4.69) is 10.2 Å². The lowest BCUT2D eigenvalue weighted by Gasteiger charge is -2.26. The normalized spacial score (nSPS) is 15.5. The number of ether oxygens (including phenoxy) is 1. The zero-order chi connectivity index (χ0) is 20.3. The first-order valence-electron chi connectivity index (χ1n) is 9.00. The van der Waals surface area contributed by atoms with Gasteiger partial charge in [0.25, 0.3) is 0 Å². The summed E-state index contributed by atoms with van der Waals surface area (Å²) in [5, 5.41) is 8.47. The molecule has 0 saturated carbocycles. The molecule has 0 amide bonds. The Morgan fingerprint density at radius 3 is 2.69 bits per heavy atom. The Balaban J connectivity index is 1.52. The maximum Gasteiger partial charge on any atom is 0.243 e. The standard InChI is InChI=1S/C19H19FN4O3S2/c20-17-6-1-2-7-18(17)24-14-21-22-19(24)28-13-15-4-3-5-16(12-15)29(25,26)23-8-10-27-11-9-23/h1-7,12,14H,8-11,13H2. The van der Waals surface area contributed by atoms with Gasteiger partial charge in [0.1, 0.15) is 12.1 Å². The van der Waals surface area contributed by atoms with E-state index < -0.39 is 10.0 Å². The number of sulfonamides is 1. The number of halogens is 1. The van der Waals surface area contributed by atoms with Gasteiger partial charge < -0.3 is 4.74 Å². The molecule has 1 aromatic heterocycles. The molecule has 1 fully saturated rings. The summed E-state index contributed by atoms with van der Waals surface area (Å²) in [7, 11) is -3.55. The van der Waals surface area contributed by atoms with E-state index in [1.807, 2.05) is 6.07 Å². The molecule has 3 aromatic rings. The van der Waals surface area contributed by atoms with Crippen molar-refractivity contribution in [1.29, 1.82) is 0 Å². The van der Waals surface area contributed by atoms with Crippen molar-refractivity contribution in [3.05, 3.63) is 66.2 Å². The van der Waals surface area contributed by atoms with Crippen LogP contribution in [0.4, 0.5) is 4.39 Å². The quantitative estimate of drug-likeness (QED) is 0.555. The van der Waals surface area contributed by atoms with E-state index in [1.54, 1.807) is 41.0 Å². The average molecular weight is 435 g/mol. The second-order valence-electron chi connectivity index (χ2n) is 6.39. The predicted octanol–water partition coefficient (Wildman–Crippen LogP) is 2.72. The van der Waals surface area contributed by atoms with Gasteiger partial charge in [0, 0.05) is 18.8 Å². The molecule has 0 radical (unpaired) electrons. The molecule has 0 N–H and O–H groups in total. The molecule has 152 valence electrons. The van der Waals surface area contributed by atoms with Gasteiger partial charge in [-0.05, 0) is 29.8 Å². The largest absolute Gasteiger partial charge is 0.379 e. The Morgan fingerprint density at radius 1 is 1.10 bits per heavy atom. The van der Waals surface area contributed by atoms with Crippen molar-refractivity contribution < 1.29 is 17.5 Å². The van der Waals surface area contributed by atoms with Crippen LogP contribution in [0.25, 0.3) is 5.69 Å². The smallest absolute Gasteiger partial charge is 0.243 e. The highest BCUT2D eigenvalue weighted by Crippen LogP contribution is 2.26. The van der Waals surface area contributed by atoms with Gasteiger partial charge in [0.05, 0.1) is 23.8 Å². The molecular formula is C19H19FN4O3S2. The number of thioether (sulfide) groups is 1. The van der Waals surface area contributed by atoms with E-state index in [1.165, 1.54) is 28.5 Å². The Labute approximate surface area is 172 Å². The summed E-state index contributed by atoms with van der Waals surface area (Å²) in [5.41, 5.74) is 1.19. The van der Waals surface area contributed by atoms with Crippen molar-refractivity contribution in [2.75, 3.05) is 26.3 Å². The van der Waals surface area contributed by atoms with Gasteiger partial charge >= 0.3 is 0 Å². The van der Waals surface area contributed by atoms with Crippen LogP contribution in [0.15, 0.2) is 64.9 Å². The van der Waals surface area contributed by atoms with Crippen molar-refractivity contribution in [3.8, 4) is 5.69 Å². The molecule has 2 heterocycles. The van der Waals surface area contributed by atoms with E-state index in [0.29, 0.717) is 42.9 Å². The van der Waals surface area contributed by atoms with Gasteiger partial charge in [0.2, 0.25) is 10.0 Å². The van der Waals surface area contributed by atoms with E-state index in [9.17, 15) is 12.8 Å². The average Bonchev–Trinajstić information content (AvgIpc) is 3.22. The molecule has 10 heteroatoms. The second-order valence-corrected chi connectivity index (χ2v) is 9.27. The molecular weight excluding hydrogens is 415 g/mol. The van der Waals surface area contributed by atoms with Crippen molar-refractivity contribution in [2.24, 2.45) is 0 Å². The number of hydrogen-bond donors (Lipinski definition) is 0. The number of morpholine rings is 1. The van der Waals surface area contributed by atoms with Crippen LogP contribution >= 0.6 is 11.8 Å². The van der Waals surface area contributed by atoms with Crippen LogP contribution in [0.2, 0.25) is 0 Å². The van der Waals surface area contributed by atoms with Gasteiger partial charge in [-0.25, -0.2) is 12.8 Å². The van der Waals surface area contributed by atoms with Crippen LogP contribution in [-0.2, 0) is 20.5 Å². The first-order chi connectivity index (χ1) is 14.1. The molecule has 0 aliphatic carbocycles. The molecule has 0 bridgehead atoms. The number of nitrogens with zero attached hydrogens (tertiary/aromatic N) is 4. The van der Waals surface area contributed by atoms with Crippen molar-refractivity contribution in [3.63, 3.8) is 0 Å². The fraction of sp³-hybridized carbons (Fsp3) is 0.263. The summed E-state index contributed by atoms with van der Waals surface area (Å²) in [6.45, 7) is 1.51. The highest BCUT2D eigenvalue weighted by atomic mass is 32.2. The molecule has 0 atom stereocenters. The lowest BCUT2D eigenvalue weighted by atomic mass is 10.2. The Morgan fingerprint density at radius 2 is 1.90 bits per heavy atom. The zero-order valence-electron chi connectivity index (χ0n) is 15.4. The fourth-order valence-electron chi connectivity index (χ4n) is 3.01. The Kier molecular flexibility index (Phi) is 5.95. The summed E-state index contributed by atoms with van der Waals surface area (Å²) in [5.74, 6) is 0.104. The van der Waals surface area contributed by atoms with Crippen LogP contribution in [0.1, 0.15) is 5.56 Å². The first kappa shape index (κ1) is 20.0. The molecule has 4 rings (SSSR count). The van der Waals surface area contributed by atoms with Gasteiger partial charge in [-0.1, -0.05) is 36.0 Å². The summed E-state index contributed by atoms with van der Waals surface area (Å²) < 4.78 is 48.0. The fourth-order valence-corrected chi connectivity index (χ4v) is 5.36. The minimum atomic E-state index is -3.55. The van der Waals surface area contributed by atoms with Crippen molar-refractivity contribution in [2.45, 2.75) is 15.8 Å². The maximum absolute atomic E-state index is 14.1. The number of rotatable bonds is 6. The number of benzene rings is 2. The molecule has 0 spiro atoms. The SMILES string of the molecule is O=S(=O)(c1cccc(CSc2nncn2-c2ccccc2F)c1)N1CCOCC1. The predicted molar refractivity (Wildman–Crippen MR) is 107 cm³/mol. The summed E-state index contributed by atoms with van der Waals surface area (Å²) in [6.07, 6.45) is 1.46. The topological polar surface area (TPSA) is 77.3 Å². The highest BCUT2D eigenvalue weighted by molar-refractivity contribution is 7.98. The van der Waals surface area contributed by atoms with E-state index >= 15 is 0 Å². The molecule has 0 unspecified atom stereocenters. The molecule has 2 aromatic carbocycles. The van der Waals surface area contributed by atoms with Crippen LogP contribution in [0.3, 0.4) is 0 Å². The maximum atomic E-state index is 14.1. The van der Waals surface area contributed by atoms with Gasteiger partial charge in [-0.15, -0.1) is 10.2 Å². The third-order valence-electron chi connectivity index (χ3n) is 4.50. The minimum Gasteiger partial charge on any atom is -0.379 e. The third kappa shape index (κ3) is 4.35. The van der Waals surface area contributed by atoms with E-state index in [-0.39, 0.29) is 10.7 Å². The van der Waals surface area contributed by atoms with Crippen LogP contribution in [0.5, 0.6) is 0 Å². The Bertz CT molecular complexity index is 1100. The molecule has 1 aliphatic rings. The van der Waals surface area contributed by atoms with Gasteiger partial charge in [0.15, 0.2) is 5.16 Å². The number of para-hydroxylation sites is 1. The third-order valence-corrected chi connectivity index (χ3v) is 7.41. The molecule has 1 aliphatic heterocycles. The lowest BCUT2D eigenvalue weighted by Crippen LogP contribution is -2.40. The summed E-state index contributed by atoms with van der Waals surface area (Å²) in [6, 6.07) is 13.2. The van der Waals surface area contributed by atoms with Gasteiger partial charge in [-0.3, -0.25) is 4.57 Å². The van der Waals surface area contributed by atoms with Crippen LogP contribution < -0.4 is 0 Å². The van der Waals surface area contributed by atoms with Crippen LogP contribution in [0, 0.1) is 5.82 Å². The summed E-state index contributed by atoms with van der Waals surface area (Å²) in [4.78, 5) is 0.257. The van der Waals surface area contributed by atoms with Crippen molar-refractivity contribution >= 4 is 21.8 Å². The van der Waals surface area contributed by atoms with Crippen LogP contribution in [-0.4, -0.2) is 53.8 Å². The molecule has 7 nitrogen and oxygen atoms in total. The minimum absolute atomic E-state index is 0.257. The molecule has 1 saturated heterocycles. The number of hydrogen-bond acceptors (Lipinski definition) is 6. The highest BCUT2D eigenvalue weighted by Gasteiger charge is 2.26. The molecule has 29 heavy (non-hydrogen) atoms. The zero-order valence-corrected chi connectivity index (χ0v) is 17.1. The Hall–Kier alpha value is -2.27. The second kappa shape index (κ2) is 8.62. The monoisotopic (exact) mass is 434 g/mol. The van der Waals surface area contributed by atoms with E-state index in [4.69, 9.17) is 4.74 Å².